The summed E-state index contributed by atoms with van der Waals surface area (Å²) in [6, 6.07) is 6.89. The summed E-state index contributed by atoms with van der Waals surface area (Å²) in [7, 11) is 0. The Morgan fingerprint density at radius 3 is 2.85 bits per heavy atom. The second-order valence-corrected chi connectivity index (χ2v) is 3.98. The molecule has 0 bridgehead atoms. The number of guanidine groups is 1. The van der Waals surface area contributed by atoms with E-state index >= 15 is 0 Å². The van der Waals surface area contributed by atoms with Gasteiger partial charge in [0, 0.05) is 6.54 Å². The van der Waals surface area contributed by atoms with Crippen LogP contribution < -0.4 is 15.8 Å². The Bertz CT molecular complexity index is 416. The van der Waals surface area contributed by atoms with Gasteiger partial charge in [0.25, 0.3) is 6.43 Å². The third kappa shape index (κ3) is 8.13. The zero-order valence-corrected chi connectivity index (χ0v) is 13.6. The molecular formula is C13H20F2IN3O. The predicted molar refractivity (Wildman–Crippen MR) is 87.0 cm³/mol. The van der Waals surface area contributed by atoms with Gasteiger partial charge in [0.05, 0.1) is 6.54 Å². The number of hydrogen-bond acceptors (Lipinski definition) is 2. The smallest absolute Gasteiger partial charge is 0.272 e. The number of nitrogens with zero attached hydrogens (tertiary/aromatic N) is 1. The minimum Gasteiger partial charge on any atom is -0.488 e. The highest BCUT2D eigenvalue weighted by Gasteiger charge is 2.03. The lowest BCUT2D eigenvalue weighted by Crippen LogP contribution is -2.32. The van der Waals surface area contributed by atoms with Crippen LogP contribution in [0.1, 0.15) is 18.9 Å². The summed E-state index contributed by atoms with van der Waals surface area (Å²) in [4.78, 5) is 4.15. The SMILES string of the molecule is CCCNC(N)=NCc1cccc(OCC(F)F)c1.I. The molecule has 0 saturated heterocycles. The van der Waals surface area contributed by atoms with Crippen LogP contribution in [0.25, 0.3) is 0 Å². The van der Waals surface area contributed by atoms with Crippen LogP contribution in [-0.2, 0) is 6.54 Å². The number of alkyl halides is 2. The summed E-state index contributed by atoms with van der Waals surface area (Å²) in [6.07, 6.45) is -1.51. The fourth-order valence-corrected chi connectivity index (χ4v) is 1.38. The molecule has 0 atom stereocenters. The van der Waals surface area contributed by atoms with Crippen LogP contribution in [-0.4, -0.2) is 25.5 Å². The lowest BCUT2D eigenvalue weighted by atomic mass is 10.2. The minimum absolute atomic E-state index is 0. The number of hydrogen-bond donors (Lipinski definition) is 2. The van der Waals surface area contributed by atoms with Gasteiger partial charge in [0.1, 0.15) is 12.4 Å². The van der Waals surface area contributed by atoms with E-state index in [1.807, 2.05) is 13.0 Å². The maximum absolute atomic E-state index is 12.0. The van der Waals surface area contributed by atoms with Crippen molar-refractivity contribution >= 4 is 29.9 Å². The zero-order valence-electron chi connectivity index (χ0n) is 11.3. The molecule has 0 amide bonds. The van der Waals surface area contributed by atoms with Gasteiger partial charge in [0.15, 0.2) is 5.96 Å². The molecule has 20 heavy (non-hydrogen) atoms. The topological polar surface area (TPSA) is 59.6 Å². The van der Waals surface area contributed by atoms with E-state index in [0.717, 1.165) is 18.5 Å². The first kappa shape index (κ1) is 18.9. The van der Waals surface area contributed by atoms with E-state index in [2.05, 4.69) is 10.3 Å². The third-order valence-electron chi connectivity index (χ3n) is 2.26. The van der Waals surface area contributed by atoms with E-state index in [0.29, 0.717) is 18.3 Å². The molecule has 0 unspecified atom stereocenters. The van der Waals surface area contributed by atoms with Gasteiger partial charge >= 0.3 is 0 Å². The van der Waals surface area contributed by atoms with Crippen LogP contribution in [0.3, 0.4) is 0 Å². The molecule has 0 aromatic heterocycles. The maximum Gasteiger partial charge on any atom is 0.272 e. The molecule has 0 aliphatic rings. The normalized spacial score (nSPS) is 11.1. The molecule has 7 heteroatoms. The molecule has 4 nitrogen and oxygen atoms in total. The Morgan fingerprint density at radius 2 is 2.20 bits per heavy atom. The quantitative estimate of drug-likeness (QED) is 0.421. The summed E-state index contributed by atoms with van der Waals surface area (Å²) >= 11 is 0. The van der Waals surface area contributed by atoms with Crippen LogP contribution in [0.2, 0.25) is 0 Å². The van der Waals surface area contributed by atoms with Gasteiger partial charge in [-0.1, -0.05) is 19.1 Å². The summed E-state index contributed by atoms with van der Waals surface area (Å²) in [6.45, 7) is 2.58. The molecule has 0 aliphatic heterocycles. The van der Waals surface area contributed by atoms with E-state index in [1.54, 1.807) is 18.2 Å². The minimum atomic E-state index is -2.48. The van der Waals surface area contributed by atoms with Crippen molar-refractivity contribution in [2.45, 2.75) is 26.3 Å². The van der Waals surface area contributed by atoms with Crippen molar-refractivity contribution in [1.82, 2.24) is 5.32 Å². The van der Waals surface area contributed by atoms with Gasteiger partial charge < -0.3 is 15.8 Å². The van der Waals surface area contributed by atoms with E-state index in [4.69, 9.17) is 10.5 Å². The van der Waals surface area contributed by atoms with Gasteiger partial charge in [-0.3, -0.25) is 0 Å². The average Bonchev–Trinajstić information content (AvgIpc) is 2.41. The van der Waals surface area contributed by atoms with Crippen LogP contribution in [0.15, 0.2) is 29.3 Å². The number of aliphatic imine (C=N–C) groups is 1. The number of ether oxygens (including phenoxy) is 1. The lowest BCUT2D eigenvalue weighted by molar-refractivity contribution is 0.0818. The van der Waals surface area contributed by atoms with Gasteiger partial charge in [-0.05, 0) is 24.1 Å². The van der Waals surface area contributed by atoms with Crippen molar-refractivity contribution < 1.29 is 13.5 Å². The predicted octanol–water partition coefficient (Wildman–Crippen LogP) is 2.76. The second-order valence-electron chi connectivity index (χ2n) is 3.98. The number of benzene rings is 1. The van der Waals surface area contributed by atoms with Crippen molar-refractivity contribution in [2.75, 3.05) is 13.2 Å². The Labute approximate surface area is 134 Å². The van der Waals surface area contributed by atoms with E-state index < -0.39 is 13.0 Å². The highest BCUT2D eigenvalue weighted by atomic mass is 127. The van der Waals surface area contributed by atoms with Crippen LogP contribution in [0.4, 0.5) is 8.78 Å². The molecule has 0 saturated carbocycles. The Morgan fingerprint density at radius 1 is 1.45 bits per heavy atom. The monoisotopic (exact) mass is 399 g/mol. The number of rotatable bonds is 7. The molecule has 114 valence electrons. The lowest BCUT2D eigenvalue weighted by Gasteiger charge is -2.07. The first-order valence-corrected chi connectivity index (χ1v) is 6.15. The highest BCUT2D eigenvalue weighted by Crippen LogP contribution is 2.14. The number of nitrogens with one attached hydrogen (secondary N) is 1. The van der Waals surface area contributed by atoms with Crippen LogP contribution in [0.5, 0.6) is 5.75 Å². The number of halogens is 3. The van der Waals surface area contributed by atoms with Crippen LogP contribution >= 0.6 is 24.0 Å². The summed E-state index contributed by atoms with van der Waals surface area (Å²) < 4.78 is 29.0. The number of nitrogens with two attached hydrogens (primary N) is 1. The van der Waals surface area contributed by atoms with Gasteiger partial charge in [-0.25, -0.2) is 13.8 Å². The Hall–Kier alpha value is -1.12. The van der Waals surface area contributed by atoms with E-state index in [9.17, 15) is 8.78 Å². The van der Waals surface area contributed by atoms with Crippen molar-refractivity contribution in [1.29, 1.82) is 0 Å². The fraction of sp³-hybridized carbons (Fsp3) is 0.462. The molecular weight excluding hydrogens is 379 g/mol. The van der Waals surface area contributed by atoms with Gasteiger partial charge in [-0.2, -0.15) is 0 Å². The Balaban J connectivity index is 0.00000361. The van der Waals surface area contributed by atoms with Crippen molar-refractivity contribution in [3.8, 4) is 5.75 Å². The molecule has 0 radical (unpaired) electrons. The molecule has 3 N–H and O–H groups in total. The van der Waals surface area contributed by atoms with E-state index in [-0.39, 0.29) is 24.0 Å². The largest absolute Gasteiger partial charge is 0.488 e. The fourth-order valence-electron chi connectivity index (χ4n) is 1.38. The highest BCUT2D eigenvalue weighted by molar-refractivity contribution is 14.0. The van der Waals surface area contributed by atoms with Gasteiger partial charge in [0.2, 0.25) is 0 Å². The molecule has 1 aromatic carbocycles. The van der Waals surface area contributed by atoms with Crippen LogP contribution in [0, 0.1) is 0 Å². The van der Waals surface area contributed by atoms with Gasteiger partial charge in [-0.15, -0.1) is 24.0 Å². The average molecular weight is 399 g/mol. The summed E-state index contributed by atoms with van der Waals surface area (Å²) in [5, 5.41) is 2.95. The first-order valence-electron chi connectivity index (χ1n) is 6.15. The van der Waals surface area contributed by atoms with Crippen molar-refractivity contribution in [3.05, 3.63) is 29.8 Å². The van der Waals surface area contributed by atoms with Crippen molar-refractivity contribution in [3.63, 3.8) is 0 Å². The molecule has 0 aliphatic carbocycles. The molecule has 1 aromatic rings. The summed E-state index contributed by atoms with van der Waals surface area (Å²) in [5.41, 5.74) is 6.51. The molecule has 0 heterocycles. The first-order chi connectivity index (χ1) is 9.11. The maximum atomic E-state index is 12.0. The second kappa shape index (κ2) is 10.6. The summed E-state index contributed by atoms with van der Waals surface area (Å²) in [5.74, 6) is 0.786. The standard InChI is InChI=1S/C13H19F2N3O.HI/c1-2-6-17-13(16)18-8-10-4-3-5-11(7-10)19-9-12(14)15;/h3-5,7,12H,2,6,8-9H2,1H3,(H3,16,17,18);1H. The van der Waals surface area contributed by atoms with Crippen molar-refractivity contribution in [2.24, 2.45) is 10.7 Å². The molecule has 1 rings (SSSR count). The zero-order chi connectivity index (χ0) is 14.1. The third-order valence-corrected chi connectivity index (χ3v) is 2.26. The Kier molecular flexibility index (Phi) is 10.0. The molecule has 0 spiro atoms. The van der Waals surface area contributed by atoms with E-state index in [1.165, 1.54) is 0 Å². The molecule has 0 fully saturated rings.